The number of rotatable bonds is 5. The van der Waals surface area contributed by atoms with Gasteiger partial charge in [-0.3, -0.25) is 0 Å². The molecule has 0 aliphatic heterocycles. The summed E-state index contributed by atoms with van der Waals surface area (Å²) in [5.41, 5.74) is 13.5. The van der Waals surface area contributed by atoms with Crippen molar-refractivity contribution in [1.29, 1.82) is 0 Å². The molecule has 3 nitrogen and oxygen atoms in total. The fourth-order valence-corrected chi connectivity index (χ4v) is 9.41. The van der Waals surface area contributed by atoms with Crippen LogP contribution in [0.15, 0.2) is 173 Å². The SMILES string of the molecule is c1ccc(N(C2=C(c3ccc4oc5ccccc5c4c3)CCc3ccccc32)c2c(-c3ccc4oc5ccccc5c4c3)sc3ccccc23)cc1. The van der Waals surface area contributed by atoms with Crippen LogP contribution in [0, 0.1) is 0 Å². The van der Waals surface area contributed by atoms with E-state index >= 15 is 0 Å². The average molecular weight is 686 g/mol. The van der Waals surface area contributed by atoms with Gasteiger partial charge in [-0.1, -0.05) is 103 Å². The van der Waals surface area contributed by atoms with Crippen LogP contribution >= 0.6 is 11.3 Å². The molecule has 3 aromatic heterocycles. The molecular weight excluding hydrogens is 655 g/mol. The van der Waals surface area contributed by atoms with E-state index in [2.05, 4.69) is 157 Å². The molecule has 7 aromatic carbocycles. The van der Waals surface area contributed by atoms with E-state index in [0.717, 1.165) is 62.4 Å². The lowest BCUT2D eigenvalue weighted by Crippen LogP contribution is -2.21. The highest BCUT2D eigenvalue weighted by molar-refractivity contribution is 7.23. The first-order valence-corrected chi connectivity index (χ1v) is 18.6. The first-order chi connectivity index (χ1) is 25.8. The molecule has 52 heavy (non-hydrogen) atoms. The molecule has 0 saturated carbocycles. The second-order valence-corrected chi connectivity index (χ2v) is 14.6. The summed E-state index contributed by atoms with van der Waals surface area (Å²) in [6, 6.07) is 58.8. The van der Waals surface area contributed by atoms with E-state index in [9.17, 15) is 0 Å². The number of allylic oxidation sites excluding steroid dienone is 1. The number of furan rings is 2. The fourth-order valence-electron chi connectivity index (χ4n) is 8.22. The van der Waals surface area contributed by atoms with Crippen molar-refractivity contribution in [2.24, 2.45) is 0 Å². The van der Waals surface area contributed by atoms with Crippen molar-refractivity contribution in [2.75, 3.05) is 4.90 Å². The number of benzene rings is 7. The Labute approximate surface area is 304 Å². The summed E-state index contributed by atoms with van der Waals surface area (Å²) in [7, 11) is 0. The van der Waals surface area contributed by atoms with Crippen LogP contribution in [0.4, 0.5) is 11.4 Å². The molecule has 0 amide bonds. The Hall–Kier alpha value is -6.36. The average Bonchev–Trinajstić information content (AvgIpc) is 3.89. The zero-order valence-corrected chi connectivity index (χ0v) is 29.0. The molecule has 4 heteroatoms. The number of para-hydroxylation sites is 3. The third-order valence-corrected chi connectivity index (χ3v) is 11.8. The monoisotopic (exact) mass is 685 g/mol. The Bertz CT molecular complexity index is 3030. The van der Waals surface area contributed by atoms with Gasteiger partial charge in [0.05, 0.1) is 16.3 Å². The summed E-state index contributed by atoms with van der Waals surface area (Å²) >= 11 is 1.86. The standard InChI is InChI=1S/C48H31NO2S/c1-2-13-33(14-3-1)49(47-38-18-8-11-21-45(38)52-48(47)32-24-27-44-40(29-32)37-17-7-10-20-42(37)51-44)46-34-15-5-4-12-30(34)22-25-35(46)31-23-26-43-39(28-31)36-16-6-9-19-41(36)50-43/h1-21,23-24,26-29H,22,25H2. The summed E-state index contributed by atoms with van der Waals surface area (Å²) < 4.78 is 13.8. The number of anilines is 2. The maximum Gasteiger partial charge on any atom is 0.135 e. The normalized spacial score (nSPS) is 13.2. The molecule has 10 aromatic rings. The maximum absolute atomic E-state index is 6.29. The molecule has 3 heterocycles. The highest BCUT2D eigenvalue weighted by Crippen LogP contribution is 2.53. The molecule has 0 fully saturated rings. The molecule has 1 aliphatic carbocycles. The molecule has 0 atom stereocenters. The molecule has 0 bridgehead atoms. The second kappa shape index (κ2) is 11.6. The van der Waals surface area contributed by atoms with Crippen LogP contribution in [0.1, 0.15) is 23.1 Å². The molecular formula is C48H31NO2S. The van der Waals surface area contributed by atoms with Gasteiger partial charge in [-0.25, -0.2) is 0 Å². The van der Waals surface area contributed by atoms with Gasteiger partial charge < -0.3 is 13.7 Å². The third-order valence-electron chi connectivity index (χ3n) is 10.6. The number of hydrogen-bond donors (Lipinski definition) is 0. The maximum atomic E-state index is 6.29. The van der Waals surface area contributed by atoms with Gasteiger partial charge in [-0.05, 0) is 95.8 Å². The van der Waals surface area contributed by atoms with Crippen molar-refractivity contribution < 1.29 is 8.83 Å². The van der Waals surface area contributed by atoms with Crippen LogP contribution in [0.3, 0.4) is 0 Å². The second-order valence-electron chi connectivity index (χ2n) is 13.5. The van der Waals surface area contributed by atoms with Crippen molar-refractivity contribution in [3.8, 4) is 10.4 Å². The molecule has 0 N–H and O–H groups in total. The molecule has 0 spiro atoms. The molecule has 0 saturated heterocycles. The van der Waals surface area contributed by atoms with E-state index in [4.69, 9.17) is 8.83 Å². The highest BCUT2D eigenvalue weighted by atomic mass is 32.1. The summed E-state index contributed by atoms with van der Waals surface area (Å²) in [5, 5.41) is 5.79. The lowest BCUT2D eigenvalue weighted by Gasteiger charge is -2.35. The Morgan fingerprint density at radius 2 is 1.04 bits per heavy atom. The summed E-state index contributed by atoms with van der Waals surface area (Å²) in [4.78, 5) is 3.78. The molecule has 246 valence electrons. The highest BCUT2D eigenvalue weighted by Gasteiger charge is 2.31. The lowest BCUT2D eigenvalue weighted by atomic mass is 9.84. The lowest BCUT2D eigenvalue weighted by molar-refractivity contribution is 0.668. The van der Waals surface area contributed by atoms with Crippen molar-refractivity contribution in [2.45, 2.75) is 12.8 Å². The molecule has 1 aliphatic rings. The van der Waals surface area contributed by atoms with E-state index in [0.29, 0.717) is 0 Å². The van der Waals surface area contributed by atoms with Crippen LogP contribution < -0.4 is 4.90 Å². The predicted molar refractivity (Wildman–Crippen MR) is 218 cm³/mol. The Morgan fingerprint density at radius 1 is 0.462 bits per heavy atom. The van der Waals surface area contributed by atoms with Crippen molar-refractivity contribution >= 4 is 87.9 Å². The quantitative estimate of drug-likeness (QED) is 0.181. The van der Waals surface area contributed by atoms with Gasteiger partial charge in [-0.2, -0.15) is 0 Å². The molecule has 0 radical (unpaired) electrons. The summed E-state index contributed by atoms with van der Waals surface area (Å²) in [6.07, 6.45) is 1.89. The van der Waals surface area contributed by atoms with Gasteiger partial charge in [0, 0.05) is 42.9 Å². The van der Waals surface area contributed by atoms with Crippen molar-refractivity contribution in [3.63, 3.8) is 0 Å². The van der Waals surface area contributed by atoms with Crippen molar-refractivity contribution in [1.82, 2.24) is 0 Å². The van der Waals surface area contributed by atoms with E-state index in [1.54, 1.807) is 0 Å². The number of nitrogens with zero attached hydrogens (tertiary/aromatic N) is 1. The minimum Gasteiger partial charge on any atom is -0.456 e. The van der Waals surface area contributed by atoms with Gasteiger partial charge in [0.2, 0.25) is 0 Å². The number of thiophene rings is 1. The minimum absolute atomic E-state index is 0.904. The molecule has 0 unspecified atom stereocenters. The van der Waals surface area contributed by atoms with E-state index in [-0.39, 0.29) is 0 Å². The summed E-state index contributed by atoms with van der Waals surface area (Å²) in [6.45, 7) is 0. The summed E-state index contributed by atoms with van der Waals surface area (Å²) in [5.74, 6) is 0. The van der Waals surface area contributed by atoms with Gasteiger partial charge in [-0.15, -0.1) is 11.3 Å². The van der Waals surface area contributed by atoms with Crippen LogP contribution in [0.2, 0.25) is 0 Å². The topological polar surface area (TPSA) is 29.5 Å². The van der Waals surface area contributed by atoms with Crippen LogP contribution in [-0.4, -0.2) is 0 Å². The minimum atomic E-state index is 0.904. The zero-order chi connectivity index (χ0) is 34.2. The van der Waals surface area contributed by atoms with E-state index in [1.165, 1.54) is 54.2 Å². The smallest absolute Gasteiger partial charge is 0.135 e. The van der Waals surface area contributed by atoms with E-state index in [1.807, 2.05) is 23.5 Å². The Kier molecular flexibility index (Phi) is 6.55. The van der Waals surface area contributed by atoms with Crippen LogP contribution in [0.25, 0.3) is 75.7 Å². The van der Waals surface area contributed by atoms with Crippen LogP contribution in [0.5, 0.6) is 0 Å². The zero-order valence-electron chi connectivity index (χ0n) is 28.2. The largest absolute Gasteiger partial charge is 0.456 e. The van der Waals surface area contributed by atoms with Gasteiger partial charge in [0.1, 0.15) is 22.3 Å². The third kappa shape index (κ3) is 4.51. The fraction of sp³-hybridized carbons (Fsp3) is 0.0417. The first-order valence-electron chi connectivity index (χ1n) is 17.8. The van der Waals surface area contributed by atoms with Gasteiger partial charge >= 0.3 is 0 Å². The van der Waals surface area contributed by atoms with Gasteiger partial charge in [0.15, 0.2) is 0 Å². The number of hydrogen-bond acceptors (Lipinski definition) is 4. The Morgan fingerprint density at radius 3 is 1.79 bits per heavy atom. The molecule has 11 rings (SSSR count). The van der Waals surface area contributed by atoms with Crippen LogP contribution in [-0.2, 0) is 6.42 Å². The van der Waals surface area contributed by atoms with E-state index < -0.39 is 0 Å². The number of aryl methyl sites for hydroxylation is 1. The predicted octanol–water partition coefficient (Wildman–Crippen LogP) is 14.0. The van der Waals surface area contributed by atoms with Gasteiger partial charge in [0.25, 0.3) is 0 Å². The number of fused-ring (bicyclic) bond motifs is 8. The first kappa shape index (κ1) is 29.4. The van der Waals surface area contributed by atoms with Crippen molar-refractivity contribution in [3.05, 3.63) is 180 Å². The Balaban J connectivity index is 1.23.